The Balaban J connectivity index is 2.03. The fourth-order valence-corrected chi connectivity index (χ4v) is 4.93. The maximum Gasteiger partial charge on any atom is 0.162 e. The second-order valence-electron chi connectivity index (χ2n) is 8.83. The van der Waals surface area contributed by atoms with E-state index >= 15 is 0 Å². The molecule has 2 aromatic carbocycles. The van der Waals surface area contributed by atoms with E-state index in [2.05, 4.69) is 19.9 Å². The van der Waals surface area contributed by atoms with Gasteiger partial charge in [-0.25, -0.2) is 0 Å². The van der Waals surface area contributed by atoms with Crippen LogP contribution < -0.4 is 15.4 Å². The molecule has 5 nitrogen and oxygen atoms in total. The van der Waals surface area contributed by atoms with Crippen LogP contribution in [-0.4, -0.2) is 12.9 Å². The van der Waals surface area contributed by atoms with Gasteiger partial charge in [0.25, 0.3) is 0 Å². The number of anilines is 1. The second kappa shape index (κ2) is 8.20. The molecule has 1 heterocycles. The van der Waals surface area contributed by atoms with Gasteiger partial charge in [0, 0.05) is 17.7 Å². The van der Waals surface area contributed by atoms with Crippen LogP contribution in [0.15, 0.2) is 65.1 Å². The molecule has 0 aromatic heterocycles. The van der Waals surface area contributed by atoms with Crippen molar-refractivity contribution in [2.75, 3.05) is 12.0 Å². The van der Waals surface area contributed by atoms with Crippen LogP contribution in [0.5, 0.6) is 5.75 Å². The third kappa shape index (κ3) is 3.64. The highest BCUT2D eigenvalue weighted by atomic mass is 35.5. The Bertz CT molecular complexity index is 1220. The van der Waals surface area contributed by atoms with E-state index in [1.807, 2.05) is 24.3 Å². The number of nitriles is 1. The summed E-state index contributed by atoms with van der Waals surface area (Å²) in [7, 11) is 1.58. The van der Waals surface area contributed by atoms with E-state index in [9.17, 15) is 10.1 Å². The number of carbonyl (C=O) groups is 1. The maximum atomic E-state index is 13.5. The molecular weight excluding hydrogens is 445 g/mol. The summed E-state index contributed by atoms with van der Waals surface area (Å²) in [6.45, 7) is 4.12. The number of hydrogen-bond acceptors (Lipinski definition) is 5. The zero-order chi connectivity index (χ0) is 23.2. The number of nitrogens with zero attached hydrogens (tertiary/aromatic N) is 2. The van der Waals surface area contributed by atoms with E-state index in [0.717, 1.165) is 5.70 Å². The Morgan fingerprint density at radius 3 is 2.53 bits per heavy atom. The zero-order valence-corrected chi connectivity index (χ0v) is 19.6. The van der Waals surface area contributed by atoms with E-state index in [1.54, 1.807) is 30.2 Å². The summed E-state index contributed by atoms with van der Waals surface area (Å²) in [6, 6.07) is 14.9. The monoisotopic (exact) mass is 467 g/mol. The van der Waals surface area contributed by atoms with Gasteiger partial charge in [-0.05, 0) is 41.7 Å². The highest BCUT2D eigenvalue weighted by Crippen LogP contribution is 2.51. The predicted octanol–water partition coefficient (Wildman–Crippen LogP) is 5.94. The number of nitrogens with two attached hydrogens (primary N) is 1. The molecule has 0 unspecified atom stereocenters. The SMILES string of the molecule is COc1ccccc1N1C(N)=C(C#N)[C@@H](c2ccc(Cl)c(Cl)c2)C2=C1CC(C)(C)CC2=O. The lowest BCUT2D eigenvalue weighted by molar-refractivity contribution is -0.118. The van der Waals surface area contributed by atoms with Crippen molar-refractivity contribution in [2.24, 2.45) is 11.1 Å². The zero-order valence-electron chi connectivity index (χ0n) is 18.1. The molecule has 7 heteroatoms. The molecule has 2 aromatic rings. The van der Waals surface area contributed by atoms with Gasteiger partial charge in [0.05, 0.1) is 40.4 Å². The number of rotatable bonds is 3. The summed E-state index contributed by atoms with van der Waals surface area (Å²) in [4.78, 5) is 15.3. The minimum Gasteiger partial charge on any atom is -0.495 e. The first kappa shape index (κ1) is 22.3. The molecule has 1 aliphatic carbocycles. The normalized spacial score (nSPS) is 20.2. The third-order valence-corrected chi connectivity index (χ3v) is 6.72. The number of ether oxygens (including phenoxy) is 1. The van der Waals surface area contributed by atoms with E-state index in [4.69, 9.17) is 33.7 Å². The summed E-state index contributed by atoms with van der Waals surface area (Å²) >= 11 is 12.4. The number of ketones is 1. The molecule has 0 saturated heterocycles. The highest BCUT2D eigenvalue weighted by molar-refractivity contribution is 6.42. The average Bonchev–Trinajstić information content (AvgIpc) is 2.74. The van der Waals surface area contributed by atoms with E-state index in [0.29, 0.717) is 51.0 Å². The third-order valence-electron chi connectivity index (χ3n) is 5.98. The predicted molar refractivity (Wildman–Crippen MR) is 127 cm³/mol. The van der Waals surface area contributed by atoms with Crippen molar-refractivity contribution >= 4 is 34.7 Å². The van der Waals surface area contributed by atoms with Crippen molar-refractivity contribution < 1.29 is 9.53 Å². The van der Waals surface area contributed by atoms with Gasteiger partial charge in [-0.15, -0.1) is 0 Å². The van der Waals surface area contributed by atoms with Gasteiger partial charge >= 0.3 is 0 Å². The highest BCUT2D eigenvalue weighted by Gasteiger charge is 2.45. The number of carbonyl (C=O) groups excluding carboxylic acids is 1. The molecule has 0 fully saturated rings. The first-order chi connectivity index (χ1) is 15.2. The summed E-state index contributed by atoms with van der Waals surface area (Å²) in [5.74, 6) is 0.257. The van der Waals surface area contributed by atoms with Crippen molar-refractivity contribution in [1.29, 1.82) is 5.26 Å². The van der Waals surface area contributed by atoms with Crippen molar-refractivity contribution in [1.82, 2.24) is 0 Å². The lowest BCUT2D eigenvalue weighted by Crippen LogP contribution is -2.42. The Hall–Kier alpha value is -2.94. The van der Waals surface area contributed by atoms with Crippen LogP contribution in [0.25, 0.3) is 0 Å². The summed E-state index contributed by atoms with van der Waals surface area (Å²) < 4.78 is 5.57. The largest absolute Gasteiger partial charge is 0.495 e. The van der Waals surface area contributed by atoms with Gasteiger partial charge in [-0.1, -0.05) is 55.2 Å². The molecular formula is C25H23Cl2N3O2. The van der Waals surface area contributed by atoms with Crippen LogP contribution in [0.4, 0.5) is 5.69 Å². The molecule has 1 atom stereocenters. The summed E-state index contributed by atoms with van der Waals surface area (Å²) in [6.07, 6.45) is 0.991. The Kier molecular flexibility index (Phi) is 5.70. The van der Waals surface area contributed by atoms with E-state index in [-0.39, 0.29) is 17.0 Å². The van der Waals surface area contributed by atoms with Gasteiger partial charge < -0.3 is 10.5 Å². The molecule has 2 aliphatic rings. The van der Waals surface area contributed by atoms with Gasteiger partial charge in [-0.2, -0.15) is 5.26 Å². The van der Waals surface area contributed by atoms with Crippen LogP contribution >= 0.6 is 23.2 Å². The molecule has 0 spiro atoms. The van der Waals surface area contributed by atoms with Gasteiger partial charge in [-0.3, -0.25) is 9.69 Å². The Morgan fingerprint density at radius 2 is 1.88 bits per heavy atom. The van der Waals surface area contributed by atoms with Crippen LogP contribution in [0, 0.1) is 16.7 Å². The lowest BCUT2D eigenvalue weighted by Gasteiger charge is -2.44. The molecule has 0 radical (unpaired) electrons. The number of hydrogen-bond donors (Lipinski definition) is 1. The number of Topliss-reactive ketones (excluding diaryl/α,β-unsaturated/α-hetero) is 1. The van der Waals surface area contributed by atoms with Crippen molar-refractivity contribution in [3.63, 3.8) is 0 Å². The van der Waals surface area contributed by atoms with Gasteiger partial charge in [0.1, 0.15) is 11.6 Å². The van der Waals surface area contributed by atoms with Crippen LogP contribution in [0.2, 0.25) is 10.0 Å². The fraction of sp³-hybridized carbons (Fsp3) is 0.280. The van der Waals surface area contributed by atoms with Crippen LogP contribution in [0.3, 0.4) is 0 Å². The topological polar surface area (TPSA) is 79.3 Å². The quantitative estimate of drug-likeness (QED) is 0.603. The van der Waals surface area contributed by atoms with E-state index in [1.165, 1.54) is 0 Å². The molecule has 4 rings (SSSR count). The Labute approximate surface area is 197 Å². The van der Waals surface area contributed by atoms with Crippen molar-refractivity contribution in [3.8, 4) is 11.8 Å². The molecule has 0 bridgehead atoms. The minimum atomic E-state index is -0.612. The standard InChI is InChI=1S/C25H23Cl2N3O2/c1-25(2)11-19-23(20(31)12-25)22(14-8-9-16(26)17(27)10-14)15(13-28)24(29)30(19)18-6-4-5-7-21(18)32-3/h4-10,22H,11-12,29H2,1-3H3/t22-/m1/s1. The Morgan fingerprint density at radius 1 is 1.16 bits per heavy atom. The lowest BCUT2D eigenvalue weighted by atomic mass is 9.68. The maximum absolute atomic E-state index is 13.5. The summed E-state index contributed by atoms with van der Waals surface area (Å²) in [5.41, 5.74) is 9.42. The first-order valence-electron chi connectivity index (χ1n) is 10.2. The smallest absolute Gasteiger partial charge is 0.162 e. The molecule has 0 saturated carbocycles. The second-order valence-corrected chi connectivity index (χ2v) is 9.64. The van der Waals surface area contributed by atoms with Crippen LogP contribution in [0.1, 0.15) is 38.2 Å². The number of benzene rings is 2. The first-order valence-corrected chi connectivity index (χ1v) is 11.0. The van der Waals surface area contributed by atoms with Gasteiger partial charge in [0.15, 0.2) is 5.78 Å². The average molecular weight is 468 g/mol. The molecule has 0 amide bonds. The fourth-order valence-electron chi connectivity index (χ4n) is 4.62. The van der Waals surface area contributed by atoms with Crippen molar-refractivity contribution in [2.45, 2.75) is 32.6 Å². The van der Waals surface area contributed by atoms with Crippen LogP contribution in [-0.2, 0) is 4.79 Å². The molecule has 164 valence electrons. The molecule has 1 aliphatic heterocycles. The summed E-state index contributed by atoms with van der Waals surface area (Å²) in [5, 5.41) is 10.9. The van der Waals surface area contributed by atoms with E-state index < -0.39 is 5.92 Å². The number of para-hydroxylation sites is 2. The van der Waals surface area contributed by atoms with Gasteiger partial charge in [0.2, 0.25) is 0 Å². The number of allylic oxidation sites excluding steroid dienone is 3. The minimum absolute atomic E-state index is 0.00697. The molecule has 2 N–H and O–H groups in total. The number of methoxy groups -OCH3 is 1. The van der Waals surface area contributed by atoms with Crippen molar-refractivity contribution in [3.05, 3.63) is 80.7 Å². The number of halogens is 2. The molecule has 32 heavy (non-hydrogen) atoms.